The number of fused-ring (bicyclic) bond motifs is 1. The van der Waals surface area contributed by atoms with Gasteiger partial charge in [0.05, 0.1) is 5.25 Å². The van der Waals surface area contributed by atoms with Gasteiger partial charge in [-0.2, -0.15) is 0 Å². The lowest BCUT2D eigenvalue weighted by molar-refractivity contribution is 0.164. The van der Waals surface area contributed by atoms with E-state index in [1.54, 1.807) is 13.8 Å². The van der Waals surface area contributed by atoms with Crippen molar-refractivity contribution in [3.05, 3.63) is 64.2 Å². The Morgan fingerprint density at radius 2 is 1.94 bits per heavy atom. The zero-order chi connectivity index (χ0) is 22.1. The zero-order valence-corrected chi connectivity index (χ0v) is 19.7. The molecule has 1 unspecified atom stereocenters. The first-order valence-electron chi connectivity index (χ1n) is 11.1. The maximum absolute atomic E-state index is 11.9. The molecule has 1 aliphatic carbocycles. The van der Waals surface area contributed by atoms with Crippen molar-refractivity contribution in [1.29, 1.82) is 0 Å². The topological polar surface area (TPSA) is 67.4 Å². The van der Waals surface area contributed by atoms with Crippen molar-refractivity contribution in [3.8, 4) is 5.75 Å². The normalized spacial score (nSPS) is 20.2. The van der Waals surface area contributed by atoms with Crippen LogP contribution in [0.2, 0.25) is 5.02 Å². The molecule has 2 aromatic carbocycles. The van der Waals surface area contributed by atoms with Gasteiger partial charge in [0.2, 0.25) is 10.0 Å². The van der Waals surface area contributed by atoms with Crippen LogP contribution < -0.4 is 14.8 Å². The zero-order valence-electron chi connectivity index (χ0n) is 18.2. The number of nitrogens with one attached hydrogen (secondary N) is 2. The number of halogens is 1. The fourth-order valence-corrected chi connectivity index (χ4v) is 5.55. The molecule has 0 radical (unpaired) electrons. The quantitative estimate of drug-likeness (QED) is 0.572. The van der Waals surface area contributed by atoms with Crippen LogP contribution in [0, 0.1) is 0 Å². The Morgan fingerprint density at radius 3 is 2.58 bits per heavy atom. The highest BCUT2D eigenvalue weighted by Gasteiger charge is 2.47. The smallest absolute Gasteiger partial charge is 0.214 e. The molecule has 2 aliphatic rings. The van der Waals surface area contributed by atoms with Gasteiger partial charge in [0.1, 0.15) is 12.4 Å². The summed E-state index contributed by atoms with van der Waals surface area (Å²) in [6.07, 6.45) is 4.53. The van der Waals surface area contributed by atoms with Crippen LogP contribution in [0.4, 0.5) is 0 Å². The van der Waals surface area contributed by atoms with Gasteiger partial charge in [-0.3, -0.25) is 0 Å². The fraction of sp³-hybridized carbons (Fsp3) is 0.500. The molecule has 0 bridgehead atoms. The first kappa shape index (κ1) is 22.6. The van der Waals surface area contributed by atoms with Crippen LogP contribution >= 0.6 is 11.6 Å². The van der Waals surface area contributed by atoms with Crippen molar-refractivity contribution in [2.45, 2.75) is 56.2 Å². The Kier molecular flexibility index (Phi) is 6.63. The van der Waals surface area contributed by atoms with E-state index in [4.69, 9.17) is 16.3 Å². The van der Waals surface area contributed by atoms with Gasteiger partial charge in [-0.1, -0.05) is 36.2 Å². The van der Waals surface area contributed by atoms with E-state index in [0.29, 0.717) is 6.61 Å². The molecule has 0 aromatic heterocycles. The molecule has 1 heterocycles. The summed E-state index contributed by atoms with van der Waals surface area (Å²) in [6, 6.07) is 14.9. The van der Waals surface area contributed by atoms with Gasteiger partial charge in [-0.05, 0) is 80.6 Å². The van der Waals surface area contributed by atoms with Crippen molar-refractivity contribution < 1.29 is 13.2 Å². The third-order valence-electron chi connectivity index (χ3n) is 6.68. The van der Waals surface area contributed by atoms with Crippen LogP contribution in [0.1, 0.15) is 55.8 Å². The molecule has 1 aliphatic heterocycles. The van der Waals surface area contributed by atoms with Crippen LogP contribution in [-0.4, -0.2) is 33.4 Å². The van der Waals surface area contributed by atoms with E-state index in [9.17, 15) is 8.42 Å². The van der Waals surface area contributed by atoms with E-state index in [1.165, 1.54) is 36.0 Å². The molecule has 7 heteroatoms. The van der Waals surface area contributed by atoms with Crippen molar-refractivity contribution in [1.82, 2.24) is 10.0 Å². The number of sulfonamides is 1. The first-order valence-corrected chi connectivity index (χ1v) is 13.0. The van der Waals surface area contributed by atoms with E-state index < -0.39 is 15.3 Å². The van der Waals surface area contributed by atoms with Crippen molar-refractivity contribution in [2.24, 2.45) is 0 Å². The summed E-state index contributed by atoms with van der Waals surface area (Å²) in [5.74, 6) is 0.789. The van der Waals surface area contributed by atoms with Crippen LogP contribution in [0.15, 0.2) is 42.5 Å². The van der Waals surface area contributed by atoms with Gasteiger partial charge in [0.15, 0.2) is 0 Å². The van der Waals surface area contributed by atoms with Gasteiger partial charge in [0, 0.05) is 23.0 Å². The summed E-state index contributed by atoms with van der Waals surface area (Å²) in [5.41, 5.74) is 4.11. The predicted molar refractivity (Wildman–Crippen MR) is 125 cm³/mol. The molecule has 2 N–H and O–H groups in total. The van der Waals surface area contributed by atoms with Crippen LogP contribution in [0.5, 0.6) is 5.75 Å². The summed E-state index contributed by atoms with van der Waals surface area (Å²) in [7, 11) is -3.26. The van der Waals surface area contributed by atoms with Gasteiger partial charge in [-0.25, -0.2) is 13.1 Å². The Labute approximate surface area is 190 Å². The Morgan fingerprint density at radius 1 is 1.19 bits per heavy atom. The van der Waals surface area contributed by atoms with E-state index in [2.05, 4.69) is 34.3 Å². The maximum atomic E-state index is 11.9. The summed E-state index contributed by atoms with van der Waals surface area (Å²) in [5, 5.41) is 4.11. The van der Waals surface area contributed by atoms with Gasteiger partial charge < -0.3 is 10.1 Å². The third-order valence-corrected chi connectivity index (χ3v) is 8.78. The summed E-state index contributed by atoms with van der Waals surface area (Å²) in [6.45, 7) is 4.83. The van der Waals surface area contributed by atoms with E-state index >= 15 is 0 Å². The van der Waals surface area contributed by atoms with Gasteiger partial charge in [-0.15, -0.1) is 0 Å². The minimum atomic E-state index is -3.26. The minimum absolute atomic E-state index is 0.108. The average molecular weight is 463 g/mol. The molecule has 0 amide bonds. The molecule has 4 rings (SSSR count). The summed E-state index contributed by atoms with van der Waals surface area (Å²) in [4.78, 5) is 0. The number of benzene rings is 2. The van der Waals surface area contributed by atoms with E-state index in [1.807, 2.05) is 18.2 Å². The number of hydrogen-bond acceptors (Lipinski definition) is 4. The Balaban J connectivity index is 1.48. The third kappa shape index (κ3) is 4.63. The van der Waals surface area contributed by atoms with E-state index in [-0.39, 0.29) is 18.0 Å². The van der Waals surface area contributed by atoms with Crippen LogP contribution in [0.3, 0.4) is 0 Å². The second kappa shape index (κ2) is 9.10. The molecule has 1 saturated carbocycles. The van der Waals surface area contributed by atoms with Crippen LogP contribution in [-0.2, 0) is 21.9 Å². The maximum Gasteiger partial charge on any atom is 0.214 e. The molecular formula is C24H31ClN2O3S. The molecule has 1 fully saturated rings. The lowest BCUT2D eigenvalue weighted by Gasteiger charge is -2.50. The fourth-order valence-electron chi connectivity index (χ4n) is 4.73. The number of ether oxygens (including phenoxy) is 1. The molecule has 0 saturated heterocycles. The van der Waals surface area contributed by atoms with Crippen molar-refractivity contribution >= 4 is 21.6 Å². The van der Waals surface area contributed by atoms with Gasteiger partial charge in [0.25, 0.3) is 0 Å². The van der Waals surface area contributed by atoms with Crippen molar-refractivity contribution in [2.75, 3.05) is 19.7 Å². The number of rotatable bonds is 8. The largest absolute Gasteiger partial charge is 0.492 e. The Hall–Kier alpha value is -1.60. The molecule has 2 aromatic rings. The monoisotopic (exact) mass is 462 g/mol. The van der Waals surface area contributed by atoms with Crippen LogP contribution in [0.25, 0.3) is 0 Å². The number of hydrogen-bond donors (Lipinski definition) is 2. The molecule has 31 heavy (non-hydrogen) atoms. The second-order valence-corrected chi connectivity index (χ2v) is 11.6. The average Bonchev–Trinajstić information content (AvgIpc) is 2.71. The minimum Gasteiger partial charge on any atom is -0.492 e. The summed E-state index contributed by atoms with van der Waals surface area (Å²) < 4.78 is 32.1. The SMILES string of the molecule is CC(C)S(=O)(=O)NCCOc1ccc2c(c1)CCNC2C1(c2ccc(Cl)cc2)CCC1. The highest BCUT2D eigenvalue weighted by molar-refractivity contribution is 7.90. The summed E-state index contributed by atoms with van der Waals surface area (Å²) >= 11 is 6.13. The molecular weight excluding hydrogens is 432 g/mol. The van der Waals surface area contributed by atoms with Crippen molar-refractivity contribution in [3.63, 3.8) is 0 Å². The highest BCUT2D eigenvalue weighted by atomic mass is 35.5. The lowest BCUT2D eigenvalue weighted by Crippen LogP contribution is -2.49. The Bertz CT molecular complexity index is 1020. The lowest BCUT2D eigenvalue weighted by atomic mass is 9.58. The molecule has 1 atom stereocenters. The standard InChI is InChI=1S/C24H31ClN2O3S/c1-17(2)31(28,29)27-14-15-30-21-8-9-22-18(16-21)10-13-26-23(22)24(11-3-12-24)19-4-6-20(25)7-5-19/h4-9,16-17,23,26-27H,3,10-15H2,1-2H3. The first-order chi connectivity index (χ1) is 14.8. The molecule has 5 nitrogen and oxygen atoms in total. The predicted octanol–water partition coefficient (Wildman–Crippen LogP) is 4.36. The van der Waals surface area contributed by atoms with E-state index in [0.717, 1.165) is 23.7 Å². The second-order valence-electron chi connectivity index (χ2n) is 8.85. The molecule has 0 spiro atoms. The van der Waals surface area contributed by atoms with Gasteiger partial charge >= 0.3 is 0 Å². The molecule has 168 valence electrons. The highest BCUT2D eigenvalue weighted by Crippen LogP contribution is 2.53.